The van der Waals surface area contributed by atoms with E-state index in [1.165, 1.54) is 6.42 Å². The zero-order valence-corrected chi connectivity index (χ0v) is 9.93. The average molecular weight is 233 g/mol. The first-order valence-corrected chi connectivity index (χ1v) is 6.24. The van der Waals surface area contributed by atoms with Crippen molar-refractivity contribution in [3.63, 3.8) is 0 Å². The second-order valence-electron chi connectivity index (χ2n) is 4.84. The van der Waals surface area contributed by atoms with Gasteiger partial charge in [-0.05, 0) is 36.8 Å². The van der Waals surface area contributed by atoms with Crippen LogP contribution in [0.1, 0.15) is 41.6 Å². The van der Waals surface area contributed by atoms with Crippen LogP contribution in [0.15, 0.2) is 24.3 Å². The molecule has 3 heteroatoms. The molecule has 17 heavy (non-hydrogen) atoms. The number of benzene rings is 1. The molecule has 1 aliphatic carbocycles. The molecule has 0 unspecified atom stereocenters. The number of rotatable bonds is 3. The number of hydrogen-bond acceptors (Lipinski definition) is 2. The van der Waals surface area contributed by atoms with Crippen molar-refractivity contribution >= 4 is 5.91 Å². The number of primary amides is 1. The van der Waals surface area contributed by atoms with Crippen molar-refractivity contribution < 1.29 is 9.90 Å². The Labute approximate surface area is 102 Å². The summed E-state index contributed by atoms with van der Waals surface area (Å²) in [5, 5.41) is 9.94. The fraction of sp³-hybridized carbons (Fsp3) is 0.500. The Morgan fingerprint density at radius 1 is 1.29 bits per heavy atom. The third kappa shape index (κ3) is 2.86. The topological polar surface area (TPSA) is 63.3 Å². The Hall–Kier alpha value is -1.35. The third-order valence-corrected chi connectivity index (χ3v) is 3.63. The van der Waals surface area contributed by atoms with E-state index in [0.717, 1.165) is 31.2 Å². The first-order valence-electron chi connectivity index (χ1n) is 6.24. The van der Waals surface area contributed by atoms with Gasteiger partial charge in [-0.3, -0.25) is 4.79 Å². The van der Waals surface area contributed by atoms with E-state index in [4.69, 9.17) is 5.73 Å². The average Bonchev–Trinajstić information content (AvgIpc) is 2.32. The summed E-state index contributed by atoms with van der Waals surface area (Å²) < 4.78 is 0. The highest BCUT2D eigenvalue weighted by Crippen LogP contribution is 2.28. The smallest absolute Gasteiger partial charge is 0.248 e. The maximum absolute atomic E-state index is 11.3. The van der Waals surface area contributed by atoms with Gasteiger partial charge in [-0.25, -0.2) is 0 Å². The maximum Gasteiger partial charge on any atom is 0.248 e. The quantitative estimate of drug-likeness (QED) is 0.837. The van der Waals surface area contributed by atoms with Gasteiger partial charge in [0.1, 0.15) is 0 Å². The molecule has 2 atom stereocenters. The number of aliphatic hydroxyl groups excluding tert-OH is 1. The summed E-state index contributed by atoms with van der Waals surface area (Å²) in [6, 6.07) is 7.42. The highest BCUT2D eigenvalue weighted by Gasteiger charge is 2.24. The Kier molecular flexibility index (Phi) is 3.79. The highest BCUT2D eigenvalue weighted by atomic mass is 16.3. The monoisotopic (exact) mass is 233 g/mol. The molecule has 1 saturated carbocycles. The lowest BCUT2D eigenvalue weighted by Gasteiger charge is -2.28. The minimum absolute atomic E-state index is 0.232. The Morgan fingerprint density at radius 2 is 2.00 bits per heavy atom. The van der Waals surface area contributed by atoms with Gasteiger partial charge in [-0.15, -0.1) is 0 Å². The SMILES string of the molecule is NC(=O)c1ccccc1C[C@H]1CCCC[C@H]1O. The minimum atomic E-state index is -0.383. The van der Waals surface area contributed by atoms with Crippen LogP contribution in [-0.4, -0.2) is 17.1 Å². The molecule has 0 saturated heterocycles. The molecular formula is C14H19NO2. The molecule has 2 rings (SSSR count). The molecule has 0 bridgehead atoms. The van der Waals surface area contributed by atoms with Crippen LogP contribution < -0.4 is 5.73 Å². The van der Waals surface area contributed by atoms with E-state index >= 15 is 0 Å². The minimum Gasteiger partial charge on any atom is -0.393 e. The summed E-state index contributed by atoms with van der Waals surface area (Å²) in [5.41, 5.74) is 6.90. The zero-order chi connectivity index (χ0) is 12.3. The summed E-state index contributed by atoms with van der Waals surface area (Å²) in [5.74, 6) is -0.116. The number of aliphatic hydroxyl groups is 1. The number of carbonyl (C=O) groups is 1. The van der Waals surface area contributed by atoms with Gasteiger partial charge in [0.25, 0.3) is 0 Å². The molecular weight excluding hydrogens is 214 g/mol. The standard InChI is InChI=1S/C14H19NO2/c15-14(17)12-7-3-1-5-10(12)9-11-6-2-4-8-13(11)16/h1,3,5,7,11,13,16H,2,4,6,8-9H2,(H2,15,17)/t11-,13-/m1/s1. The predicted octanol–water partition coefficient (Wildman–Crippen LogP) is 1.88. The molecule has 1 aromatic rings. The maximum atomic E-state index is 11.3. The van der Waals surface area contributed by atoms with E-state index in [1.807, 2.05) is 18.2 Å². The zero-order valence-electron chi connectivity index (χ0n) is 9.93. The number of carbonyl (C=O) groups excluding carboxylic acids is 1. The fourth-order valence-electron chi connectivity index (χ4n) is 2.65. The molecule has 1 amide bonds. The van der Waals surface area contributed by atoms with Gasteiger partial charge < -0.3 is 10.8 Å². The molecule has 0 aromatic heterocycles. The van der Waals surface area contributed by atoms with Crippen LogP contribution in [0, 0.1) is 5.92 Å². The van der Waals surface area contributed by atoms with E-state index in [1.54, 1.807) is 6.07 Å². The van der Waals surface area contributed by atoms with Crippen LogP contribution in [0.25, 0.3) is 0 Å². The van der Waals surface area contributed by atoms with Crippen molar-refractivity contribution in [2.75, 3.05) is 0 Å². The van der Waals surface area contributed by atoms with E-state index in [9.17, 15) is 9.90 Å². The highest BCUT2D eigenvalue weighted by molar-refractivity contribution is 5.94. The Morgan fingerprint density at radius 3 is 2.71 bits per heavy atom. The van der Waals surface area contributed by atoms with Gasteiger partial charge in [-0.1, -0.05) is 31.0 Å². The van der Waals surface area contributed by atoms with Crippen molar-refractivity contribution in [3.05, 3.63) is 35.4 Å². The van der Waals surface area contributed by atoms with E-state index < -0.39 is 0 Å². The molecule has 1 aliphatic rings. The lowest BCUT2D eigenvalue weighted by molar-refractivity contribution is 0.0697. The van der Waals surface area contributed by atoms with Crippen molar-refractivity contribution in [2.24, 2.45) is 11.7 Å². The molecule has 1 aromatic carbocycles. The normalized spacial score (nSPS) is 24.5. The van der Waals surface area contributed by atoms with Crippen molar-refractivity contribution in [3.8, 4) is 0 Å². The largest absolute Gasteiger partial charge is 0.393 e. The van der Waals surface area contributed by atoms with Gasteiger partial charge in [-0.2, -0.15) is 0 Å². The predicted molar refractivity (Wildman–Crippen MR) is 66.6 cm³/mol. The van der Waals surface area contributed by atoms with E-state index in [2.05, 4.69) is 0 Å². The molecule has 3 nitrogen and oxygen atoms in total. The van der Waals surface area contributed by atoms with Crippen LogP contribution in [0.5, 0.6) is 0 Å². The molecule has 0 radical (unpaired) electrons. The van der Waals surface area contributed by atoms with Crippen molar-refractivity contribution in [1.29, 1.82) is 0 Å². The summed E-state index contributed by atoms with van der Waals surface area (Å²) in [4.78, 5) is 11.3. The molecule has 0 aliphatic heterocycles. The van der Waals surface area contributed by atoms with Crippen LogP contribution in [0.4, 0.5) is 0 Å². The third-order valence-electron chi connectivity index (χ3n) is 3.63. The van der Waals surface area contributed by atoms with Crippen LogP contribution in [0.2, 0.25) is 0 Å². The van der Waals surface area contributed by atoms with E-state index in [-0.39, 0.29) is 17.9 Å². The van der Waals surface area contributed by atoms with Crippen LogP contribution in [-0.2, 0) is 6.42 Å². The lowest BCUT2D eigenvalue weighted by Crippen LogP contribution is -2.27. The van der Waals surface area contributed by atoms with E-state index in [0.29, 0.717) is 5.56 Å². The summed E-state index contributed by atoms with van der Waals surface area (Å²) in [6.07, 6.45) is 4.71. The first-order chi connectivity index (χ1) is 8.18. The summed E-state index contributed by atoms with van der Waals surface area (Å²) >= 11 is 0. The molecule has 92 valence electrons. The van der Waals surface area contributed by atoms with Gasteiger partial charge in [0.05, 0.1) is 6.10 Å². The molecule has 1 fully saturated rings. The van der Waals surface area contributed by atoms with Crippen molar-refractivity contribution in [2.45, 2.75) is 38.2 Å². The summed E-state index contributed by atoms with van der Waals surface area (Å²) in [7, 11) is 0. The fourth-order valence-corrected chi connectivity index (χ4v) is 2.65. The number of amides is 1. The summed E-state index contributed by atoms with van der Waals surface area (Å²) in [6.45, 7) is 0. The molecule has 0 spiro atoms. The number of nitrogens with two attached hydrogens (primary N) is 1. The van der Waals surface area contributed by atoms with Gasteiger partial charge >= 0.3 is 0 Å². The molecule has 0 heterocycles. The molecule has 3 N–H and O–H groups in total. The van der Waals surface area contributed by atoms with Crippen molar-refractivity contribution in [1.82, 2.24) is 0 Å². The number of hydrogen-bond donors (Lipinski definition) is 2. The van der Waals surface area contributed by atoms with Gasteiger partial charge in [0, 0.05) is 5.56 Å². The van der Waals surface area contributed by atoms with Crippen LogP contribution >= 0.6 is 0 Å². The Bertz CT molecular complexity index is 403. The van der Waals surface area contributed by atoms with Gasteiger partial charge in [0.2, 0.25) is 5.91 Å². The first kappa shape index (κ1) is 12.1. The second-order valence-corrected chi connectivity index (χ2v) is 4.84. The van der Waals surface area contributed by atoms with Gasteiger partial charge in [0.15, 0.2) is 0 Å². The Balaban J connectivity index is 2.14. The second kappa shape index (κ2) is 5.32. The lowest BCUT2D eigenvalue weighted by atomic mass is 9.81. The van der Waals surface area contributed by atoms with Crippen LogP contribution in [0.3, 0.4) is 0 Å².